The number of carbonyl (C=O) groups is 1. The van der Waals surface area contributed by atoms with Crippen LogP contribution in [-0.2, 0) is 11.3 Å². The summed E-state index contributed by atoms with van der Waals surface area (Å²) in [5.41, 5.74) is 2.22. The van der Waals surface area contributed by atoms with Crippen molar-refractivity contribution in [2.75, 3.05) is 26.8 Å². The van der Waals surface area contributed by atoms with Gasteiger partial charge in [0.1, 0.15) is 12.4 Å². The summed E-state index contributed by atoms with van der Waals surface area (Å²) in [6, 6.07) is 5.39. The number of likely N-dealkylation sites (tertiary alicyclic amines) is 1. The number of hydrogen-bond donors (Lipinski definition) is 0. The number of amides is 1. The van der Waals surface area contributed by atoms with Crippen LogP contribution in [0, 0.1) is 19.8 Å². The molecule has 0 aliphatic carbocycles. The van der Waals surface area contributed by atoms with Crippen LogP contribution in [0.3, 0.4) is 0 Å². The number of rotatable bonds is 6. The van der Waals surface area contributed by atoms with Gasteiger partial charge in [0.25, 0.3) is 5.91 Å². The molecule has 1 aromatic heterocycles. The van der Waals surface area contributed by atoms with Gasteiger partial charge in [-0.1, -0.05) is 16.8 Å². The molecule has 1 atom stereocenters. The average molecular weight is 379 g/mol. The first-order valence-corrected chi connectivity index (χ1v) is 8.99. The Balaban J connectivity index is 1.59. The Labute approximate surface area is 158 Å². The summed E-state index contributed by atoms with van der Waals surface area (Å²) in [4.78, 5) is 14.3. The molecule has 7 heteroatoms. The van der Waals surface area contributed by atoms with Crippen LogP contribution in [0.2, 0.25) is 5.02 Å². The van der Waals surface area contributed by atoms with Gasteiger partial charge < -0.3 is 18.9 Å². The van der Waals surface area contributed by atoms with Crippen LogP contribution >= 0.6 is 11.6 Å². The lowest BCUT2D eigenvalue weighted by Gasteiger charge is -2.14. The summed E-state index contributed by atoms with van der Waals surface area (Å²) in [7, 11) is 1.68. The maximum absolute atomic E-state index is 12.5. The van der Waals surface area contributed by atoms with Crippen molar-refractivity contribution >= 4 is 17.5 Å². The number of ether oxygens (including phenoxy) is 2. The highest BCUT2D eigenvalue weighted by Gasteiger charge is 2.28. The van der Waals surface area contributed by atoms with Crippen molar-refractivity contribution in [1.82, 2.24) is 10.1 Å². The molecule has 1 saturated heterocycles. The van der Waals surface area contributed by atoms with Gasteiger partial charge in [-0.25, -0.2) is 0 Å². The third-order valence-corrected chi connectivity index (χ3v) is 5.14. The number of aryl methyl sites for hydroxylation is 2. The topological polar surface area (TPSA) is 64.8 Å². The van der Waals surface area contributed by atoms with E-state index in [2.05, 4.69) is 5.16 Å². The van der Waals surface area contributed by atoms with Crippen LogP contribution in [-0.4, -0.2) is 42.8 Å². The Morgan fingerprint density at radius 3 is 2.77 bits per heavy atom. The number of benzene rings is 1. The quantitative estimate of drug-likeness (QED) is 0.767. The lowest BCUT2D eigenvalue weighted by molar-refractivity contribution is 0.0765. The van der Waals surface area contributed by atoms with Gasteiger partial charge in [0.05, 0.1) is 6.61 Å². The summed E-state index contributed by atoms with van der Waals surface area (Å²) in [6.07, 6.45) is 0.947. The number of aromatic nitrogens is 1. The fourth-order valence-electron chi connectivity index (χ4n) is 3.18. The monoisotopic (exact) mass is 378 g/mol. The van der Waals surface area contributed by atoms with E-state index in [-0.39, 0.29) is 12.5 Å². The summed E-state index contributed by atoms with van der Waals surface area (Å²) in [5, 5.41) is 4.63. The molecule has 2 aromatic rings. The summed E-state index contributed by atoms with van der Waals surface area (Å²) >= 11 is 6.16. The Morgan fingerprint density at radius 1 is 1.35 bits per heavy atom. The van der Waals surface area contributed by atoms with Crippen LogP contribution in [0.15, 0.2) is 22.7 Å². The van der Waals surface area contributed by atoms with Crippen molar-refractivity contribution < 1.29 is 18.8 Å². The normalized spacial score (nSPS) is 16.9. The van der Waals surface area contributed by atoms with Gasteiger partial charge in [-0.05, 0) is 43.5 Å². The minimum atomic E-state index is -0.114. The second-order valence-electron chi connectivity index (χ2n) is 6.70. The average Bonchev–Trinajstić information content (AvgIpc) is 3.27. The highest BCUT2D eigenvalue weighted by atomic mass is 35.5. The Hall–Kier alpha value is -2.05. The van der Waals surface area contributed by atoms with Crippen LogP contribution in [0.25, 0.3) is 0 Å². The second-order valence-corrected chi connectivity index (χ2v) is 7.08. The number of methoxy groups -OCH3 is 1. The molecule has 1 aliphatic heterocycles. The molecule has 6 nitrogen and oxygen atoms in total. The fourth-order valence-corrected chi connectivity index (χ4v) is 3.29. The maximum atomic E-state index is 12.5. The highest BCUT2D eigenvalue weighted by molar-refractivity contribution is 6.32. The molecular formula is C19H23ClN2O4. The summed E-state index contributed by atoms with van der Waals surface area (Å²) in [5.74, 6) is 1.48. The van der Waals surface area contributed by atoms with Gasteiger partial charge in [0, 0.05) is 37.2 Å². The minimum Gasteiger partial charge on any atom is -0.486 e. The molecule has 1 fully saturated rings. The highest BCUT2D eigenvalue weighted by Crippen LogP contribution is 2.26. The number of nitrogens with zero attached hydrogens (tertiary/aromatic N) is 2. The molecule has 26 heavy (non-hydrogen) atoms. The Bertz CT molecular complexity index is 767. The first-order valence-electron chi connectivity index (χ1n) is 8.61. The van der Waals surface area contributed by atoms with E-state index in [1.54, 1.807) is 18.1 Å². The zero-order valence-corrected chi connectivity index (χ0v) is 16.0. The maximum Gasteiger partial charge on any atom is 0.276 e. The fraction of sp³-hybridized carbons (Fsp3) is 0.474. The molecule has 1 aliphatic rings. The number of carbonyl (C=O) groups excluding carboxylic acids is 1. The van der Waals surface area contributed by atoms with E-state index < -0.39 is 0 Å². The van der Waals surface area contributed by atoms with E-state index in [0.29, 0.717) is 36.3 Å². The van der Waals surface area contributed by atoms with Crippen LogP contribution in [0.5, 0.6) is 5.75 Å². The van der Waals surface area contributed by atoms with Gasteiger partial charge >= 0.3 is 0 Å². The van der Waals surface area contributed by atoms with Crippen molar-refractivity contribution in [2.24, 2.45) is 5.92 Å². The molecule has 3 rings (SSSR count). The molecule has 1 amide bonds. The van der Waals surface area contributed by atoms with Gasteiger partial charge in [-0.3, -0.25) is 4.79 Å². The smallest absolute Gasteiger partial charge is 0.276 e. The molecular weight excluding hydrogens is 356 g/mol. The molecule has 0 unspecified atom stereocenters. The van der Waals surface area contributed by atoms with Crippen molar-refractivity contribution in [3.8, 4) is 5.75 Å². The predicted octanol–water partition coefficient (Wildman–Crippen LogP) is 3.63. The zero-order valence-electron chi connectivity index (χ0n) is 15.3. The summed E-state index contributed by atoms with van der Waals surface area (Å²) < 4.78 is 16.2. The van der Waals surface area contributed by atoms with Gasteiger partial charge in [-0.15, -0.1) is 0 Å². The van der Waals surface area contributed by atoms with Crippen LogP contribution in [0.1, 0.15) is 33.8 Å². The second kappa shape index (κ2) is 8.10. The van der Waals surface area contributed by atoms with Crippen molar-refractivity contribution in [2.45, 2.75) is 26.9 Å². The van der Waals surface area contributed by atoms with E-state index in [1.165, 1.54) is 0 Å². The predicted molar refractivity (Wildman–Crippen MR) is 97.6 cm³/mol. The molecule has 0 radical (unpaired) electrons. The number of hydrogen-bond acceptors (Lipinski definition) is 5. The van der Waals surface area contributed by atoms with Crippen molar-refractivity contribution in [1.29, 1.82) is 0 Å². The van der Waals surface area contributed by atoms with Crippen molar-refractivity contribution in [3.63, 3.8) is 0 Å². The molecule has 1 aromatic carbocycles. The molecule has 140 valence electrons. The van der Waals surface area contributed by atoms with Gasteiger partial charge in [0.15, 0.2) is 11.5 Å². The molecule has 0 saturated carbocycles. The third kappa shape index (κ3) is 4.19. The molecule has 0 N–H and O–H groups in total. The first kappa shape index (κ1) is 18.7. The number of halogens is 1. The van der Waals surface area contributed by atoms with Gasteiger partial charge in [0.2, 0.25) is 0 Å². The Morgan fingerprint density at radius 2 is 2.08 bits per heavy atom. The lowest BCUT2D eigenvalue weighted by Crippen LogP contribution is -2.29. The Kier molecular flexibility index (Phi) is 5.84. The van der Waals surface area contributed by atoms with E-state index in [4.69, 9.17) is 25.6 Å². The molecule has 2 heterocycles. The van der Waals surface area contributed by atoms with Crippen LogP contribution < -0.4 is 4.74 Å². The molecule has 0 spiro atoms. The van der Waals surface area contributed by atoms with Crippen LogP contribution in [0.4, 0.5) is 0 Å². The van der Waals surface area contributed by atoms with Gasteiger partial charge in [-0.2, -0.15) is 0 Å². The molecule has 0 bridgehead atoms. The van der Waals surface area contributed by atoms with E-state index in [0.717, 1.165) is 29.1 Å². The van der Waals surface area contributed by atoms with E-state index in [9.17, 15) is 4.79 Å². The van der Waals surface area contributed by atoms with E-state index >= 15 is 0 Å². The lowest BCUT2D eigenvalue weighted by atomic mass is 10.1. The standard InChI is InChI=1S/C19H23ClN2O4/c1-12-6-15(7-13(2)18(12)20)25-11-16-8-17(21-26-16)19(23)22-5-4-14(9-22)10-24-3/h6-8,14H,4-5,9-11H2,1-3H3/t14-/m1/s1. The SMILES string of the molecule is COC[C@@H]1CCN(C(=O)c2cc(COc3cc(C)c(Cl)c(C)c3)on2)C1. The zero-order chi connectivity index (χ0) is 18.7. The summed E-state index contributed by atoms with van der Waals surface area (Å²) in [6.45, 7) is 6.14. The first-order chi connectivity index (χ1) is 12.5. The largest absolute Gasteiger partial charge is 0.486 e. The minimum absolute atomic E-state index is 0.114. The van der Waals surface area contributed by atoms with Crippen molar-refractivity contribution in [3.05, 3.63) is 45.8 Å². The van der Waals surface area contributed by atoms with E-state index in [1.807, 2.05) is 26.0 Å². The third-order valence-electron chi connectivity index (χ3n) is 4.54.